The van der Waals surface area contributed by atoms with Gasteiger partial charge in [0.2, 0.25) is 0 Å². The number of ketones is 1. The Bertz CT molecular complexity index is 712. The Morgan fingerprint density at radius 1 is 1.11 bits per heavy atom. The summed E-state index contributed by atoms with van der Waals surface area (Å²) in [6.45, 7) is 0. The summed E-state index contributed by atoms with van der Waals surface area (Å²) in [7, 11) is -3.59. The average molecular weight is 275 g/mol. The molecule has 1 aliphatic carbocycles. The topological polar surface area (TPSA) is 56.1 Å². The SMILES string of the molecule is O=C(c1ccn(S(=O)(=O)c2ccccc2)c1)C1CC1. The van der Waals surface area contributed by atoms with Crippen LogP contribution in [0.4, 0.5) is 0 Å². The molecule has 0 spiro atoms. The minimum absolute atomic E-state index is 0.0435. The Hall–Kier alpha value is -1.88. The molecule has 0 amide bonds. The maximum Gasteiger partial charge on any atom is 0.267 e. The zero-order valence-corrected chi connectivity index (χ0v) is 11.0. The highest BCUT2D eigenvalue weighted by molar-refractivity contribution is 7.90. The van der Waals surface area contributed by atoms with Crippen LogP contribution in [0.3, 0.4) is 0 Å². The number of hydrogen-bond donors (Lipinski definition) is 0. The maximum absolute atomic E-state index is 12.3. The van der Waals surface area contributed by atoms with E-state index in [1.165, 1.54) is 24.5 Å². The highest BCUT2D eigenvalue weighted by Crippen LogP contribution is 2.32. The summed E-state index contributed by atoms with van der Waals surface area (Å²) in [5.74, 6) is 0.136. The van der Waals surface area contributed by atoms with Gasteiger partial charge in [-0.3, -0.25) is 4.79 Å². The second-order valence-electron chi connectivity index (χ2n) is 4.69. The van der Waals surface area contributed by atoms with Crippen LogP contribution < -0.4 is 0 Å². The van der Waals surface area contributed by atoms with E-state index < -0.39 is 10.0 Å². The molecule has 1 saturated carbocycles. The van der Waals surface area contributed by atoms with Crippen molar-refractivity contribution in [3.63, 3.8) is 0 Å². The van der Waals surface area contributed by atoms with Crippen LogP contribution in [0.2, 0.25) is 0 Å². The predicted molar refractivity (Wildman–Crippen MR) is 70.5 cm³/mol. The Labute approximate surface area is 111 Å². The maximum atomic E-state index is 12.3. The van der Waals surface area contributed by atoms with Gasteiger partial charge in [0.05, 0.1) is 4.90 Å². The van der Waals surface area contributed by atoms with Crippen LogP contribution in [0.1, 0.15) is 23.2 Å². The first-order chi connectivity index (χ1) is 9.09. The van der Waals surface area contributed by atoms with E-state index in [1.807, 2.05) is 0 Å². The zero-order chi connectivity index (χ0) is 13.5. The number of Topliss-reactive ketones (excluding diaryl/α,β-unsaturated/α-hetero) is 1. The third-order valence-corrected chi connectivity index (χ3v) is 4.87. The van der Waals surface area contributed by atoms with E-state index in [1.54, 1.807) is 24.3 Å². The van der Waals surface area contributed by atoms with Gasteiger partial charge in [-0.1, -0.05) is 18.2 Å². The first-order valence-electron chi connectivity index (χ1n) is 6.12. The average Bonchev–Trinajstić information content (AvgIpc) is 3.15. The molecule has 1 fully saturated rings. The minimum atomic E-state index is -3.59. The van der Waals surface area contributed by atoms with E-state index in [0.717, 1.165) is 16.8 Å². The molecule has 0 unspecified atom stereocenters. The van der Waals surface area contributed by atoms with Crippen LogP contribution in [0.15, 0.2) is 53.7 Å². The minimum Gasteiger partial charge on any atom is -0.294 e. The van der Waals surface area contributed by atoms with Crippen molar-refractivity contribution < 1.29 is 13.2 Å². The number of benzene rings is 1. The number of aromatic nitrogens is 1. The van der Waals surface area contributed by atoms with Gasteiger partial charge in [0.25, 0.3) is 10.0 Å². The third kappa shape index (κ3) is 2.21. The summed E-state index contributed by atoms with van der Waals surface area (Å²) in [6, 6.07) is 9.76. The van der Waals surface area contributed by atoms with Crippen molar-refractivity contribution in [2.24, 2.45) is 5.92 Å². The van der Waals surface area contributed by atoms with Crippen LogP contribution in [-0.2, 0) is 10.0 Å². The van der Waals surface area contributed by atoms with Crippen molar-refractivity contribution in [3.8, 4) is 0 Å². The lowest BCUT2D eigenvalue weighted by molar-refractivity contribution is 0.0968. The van der Waals surface area contributed by atoms with Crippen molar-refractivity contribution >= 4 is 15.8 Å². The molecular formula is C14H13NO3S. The van der Waals surface area contributed by atoms with Crippen molar-refractivity contribution in [1.82, 2.24) is 3.97 Å². The molecular weight excluding hydrogens is 262 g/mol. The first-order valence-corrected chi connectivity index (χ1v) is 7.56. The van der Waals surface area contributed by atoms with E-state index in [-0.39, 0.29) is 16.6 Å². The summed E-state index contributed by atoms with van der Waals surface area (Å²) in [4.78, 5) is 12.1. The van der Waals surface area contributed by atoms with Crippen molar-refractivity contribution in [2.75, 3.05) is 0 Å². The van der Waals surface area contributed by atoms with E-state index >= 15 is 0 Å². The van der Waals surface area contributed by atoms with Gasteiger partial charge in [-0.15, -0.1) is 0 Å². The molecule has 5 heteroatoms. The molecule has 4 nitrogen and oxygen atoms in total. The Kier molecular flexibility index (Phi) is 2.78. The van der Waals surface area contributed by atoms with Crippen LogP contribution in [0, 0.1) is 5.92 Å². The Morgan fingerprint density at radius 3 is 2.42 bits per heavy atom. The molecule has 0 radical (unpaired) electrons. The standard InChI is InChI=1S/C14H13NO3S/c16-14(11-6-7-11)12-8-9-15(10-12)19(17,18)13-4-2-1-3-5-13/h1-5,8-11H,6-7H2. The van der Waals surface area contributed by atoms with E-state index in [2.05, 4.69) is 0 Å². The highest BCUT2D eigenvalue weighted by Gasteiger charge is 2.31. The predicted octanol–water partition coefficient (Wildman–Crippen LogP) is 2.32. The van der Waals surface area contributed by atoms with Gasteiger partial charge in [0.1, 0.15) is 0 Å². The molecule has 0 N–H and O–H groups in total. The largest absolute Gasteiger partial charge is 0.294 e. The van der Waals surface area contributed by atoms with E-state index in [0.29, 0.717) is 5.56 Å². The summed E-state index contributed by atoms with van der Waals surface area (Å²) < 4.78 is 25.7. The lowest BCUT2D eigenvalue weighted by Crippen LogP contribution is -2.11. The quantitative estimate of drug-likeness (QED) is 0.805. The molecule has 0 saturated heterocycles. The van der Waals surface area contributed by atoms with Crippen molar-refractivity contribution in [3.05, 3.63) is 54.4 Å². The molecule has 1 aromatic heterocycles. The smallest absolute Gasteiger partial charge is 0.267 e. The van der Waals surface area contributed by atoms with Crippen LogP contribution in [0.5, 0.6) is 0 Å². The summed E-state index contributed by atoms with van der Waals surface area (Å²) in [5, 5.41) is 0. The third-order valence-electron chi connectivity index (χ3n) is 3.22. The fraction of sp³-hybridized carbons (Fsp3) is 0.214. The van der Waals surface area contributed by atoms with Crippen LogP contribution in [-0.4, -0.2) is 18.2 Å². The molecule has 1 aromatic carbocycles. The molecule has 1 aliphatic rings. The number of hydrogen-bond acceptors (Lipinski definition) is 3. The fourth-order valence-electron chi connectivity index (χ4n) is 1.97. The van der Waals surface area contributed by atoms with Crippen molar-refractivity contribution in [2.45, 2.75) is 17.7 Å². The van der Waals surface area contributed by atoms with Gasteiger partial charge in [0, 0.05) is 23.9 Å². The van der Waals surface area contributed by atoms with Gasteiger partial charge >= 0.3 is 0 Å². The lowest BCUT2D eigenvalue weighted by Gasteiger charge is -2.04. The molecule has 0 bridgehead atoms. The summed E-state index contributed by atoms with van der Waals surface area (Å²) in [6.07, 6.45) is 4.66. The second-order valence-corrected chi connectivity index (χ2v) is 6.53. The number of nitrogens with zero attached hydrogens (tertiary/aromatic N) is 1. The number of carbonyl (C=O) groups is 1. The summed E-state index contributed by atoms with van der Waals surface area (Å²) >= 11 is 0. The normalized spacial score (nSPS) is 15.4. The van der Waals surface area contributed by atoms with Crippen LogP contribution in [0.25, 0.3) is 0 Å². The monoisotopic (exact) mass is 275 g/mol. The molecule has 2 aromatic rings. The second kappa shape index (κ2) is 4.35. The van der Waals surface area contributed by atoms with Gasteiger partial charge in [-0.25, -0.2) is 12.4 Å². The number of carbonyl (C=O) groups excluding carboxylic acids is 1. The highest BCUT2D eigenvalue weighted by atomic mass is 32.2. The van der Waals surface area contributed by atoms with Crippen molar-refractivity contribution in [1.29, 1.82) is 0 Å². The Balaban J connectivity index is 1.96. The summed E-state index contributed by atoms with van der Waals surface area (Å²) in [5.41, 5.74) is 0.474. The first kappa shape index (κ1) is 12.2. The van der Waals surface area contributed by atoms with E-state index in [4.69, 9.17) is 0 Å². The van der Waals surface area contributed by atoms with Gasteiger partial charge in [0.15, 0.2) is 5.78 Å². The fourth-order valence-corrected chi connectivity index (χ4v) is 3.19. The number of rotatable bonds is 4. The Morgan fingerprint density at radius 2 is 1.79 bits per heavy atom. The lowest BCUT2D eigenvalue weighted by atomic mass is 10.1. The van der Waals surface area contributed by atoms with Gasteiger partial charge in [-0.2, -0.15) is 0 Å². The molecule has 0 atom stereocenters. The van der Waals surface area contributed by atoms with Gasteiger partial charge < -0.3 is 0 Å². The molecule has 1 heterocycles. The molecule has 98 valence electrons. The van der Waals surface area contributed by atoms with E-state index in [9.17, 15) is 13.2 Å². The molecule has 19 heavy (non-hydrogen) atoms. The zero-order valence-electron chi connectivity index (χ0n) is 10.2. The molecule has 0 aliphatic heterocycles. The van der Waals surface area contributed by atoms with Crippen LogP contribution >= 0.6 is 0 Å². The molecule has 3 rings (SSSR count). The van der Waals surface area contributed by atoms with Gasteiger partial charge in [-0.05, 0) is 31.0 Å².